The Bertz CT molecular complexity index is 975. The molecule has 0 aliphatic carbocycles. The zero-order valence-electron chi connectivity index (χ0n) is 16.3. The Kier molecular flexibility index (Phi) is 5.40. The number of hydrogen-bond donors (Lipinski definition) is 0. The number of piperazine rings is 1. The minimum Gasteiger partial charge on any atom is -0.336 e. The Balaban J connectivity index is 1.73. The summed E-state index contributed by atoms with van der Waals surface area (Å²) in [5, 5.41) is 0. The van der Waals surface area contributed by atoms with Crippen molar-refractivity contribution in [3.05, 3.63) is 64.2 Å². The van der Waals surface area contributed by atoms with Crippen LogP contribution < -0.4 is 0 Å². The number of hydrogen-bond acceptors (Lipinski definition) is 3. The molecular formula is C21H26N2O3S. The average Bonchev–Trinajstić information content (AvgIpc) is 2.65. The lowest BCUT2D eigenvalue weighted by molar-refractivity contribution is 0.0698. The highest BCUT2D eigenvalue weighted by molar-refractivity contribution is 7.89. The largest absolute Gasteiger partial charge is 0.336 e. The van der Waals surface area contributed by atoms with E-state index in [1.54, 1.807) is 11.0 Å². The van der Waals surface area contributed by atoms with Crippen molar-refractivity contribution in [2.45, 2.75) is 32.6 Å². The number of sulfonamides is 1. The van der Waals surface area contributed by atoms with Crippen LogP contribution in [-0.2, 0) is 10.0 Å². The number of carbonyl (C=O) groups is 1. The first-order valence-electron chi connectivity index (χ1n) is 9.14. The summed E-state index contributed by atoms with van der Waals surface area (Å²) in [7, 11) is -3.55. The minimum absolute atomic E-state index is 0.0399. The molecule has 2 aromatic carbocycles. The first-order chi connectivity index (χ1) is 12.7. The fourth-order valence-corrected chi connectivity index (χ4v) is 5.04. The summed E-state index contributed by atoms with van der Waals surface area (Å²) >= 11 is 0. The molecule has 1 amide bonds. The fraction of sp³-hybridized carbons (Fsp3) is 0.381. The molecule has 3 rings (SSSR count). The lowest BCUT2D eigenvalue weighted by Gasteiger charge is -2.34. The van der Waals surface area contributed by atoms with Crippen molar-refractivity contribution in [3.8, 4) is 0 Å². The lowest BCUT2D eigenvalue weighted by Crippen LogP contribution is -2.50. The van der Waals surface area contributed by atoms with Gasteiger partial charge in [-0.05, 0) is 68.1 Å². The standard InChI is InChI=1S/C21H26N2O3S/c1-15-5-6-17(3)20(13-15)27(25,26)23-11-9-22(10-12-23)21(24)19-8-7-16(2)18(4)14-19/h5-8,13-14H,9-12H2,1-4H3. The van der Waals surface area contributed by atoms with Crippen molar-refractivity contribution < 1.29 is 13.2 Å². The van der Waals surface area contributed by atoms with Crippen LogP contribution in [0.15, 0.2) is 41.3 Å². The van der Waals surface area contributed by atoms with E-state index in [0.717, 1.165) is 22.3 Å². The van der Waals surface area contributed by atoms with E-state index >= 15 is 0 Å². The molecule has 6 heteroatoms. The minimum atomic E-state index is -3.55. The second kappa shape index (κ2) is 7.44. The maximum absolute atomic E-state index is 13.0. The molecule has 0 atom stereocenters. The maximum atomic E-state index is 13.0. The summed E-state index contributed by atoms with van der Waals surface area (Å²) in [6.45, 7) is 9.12. The van der Waals surface area contributed by atoms with Gasteiger partial charge in [-0.3, -0.25) is 4.79 Å². The highest BCUT2D eigenvalue weighted by Crippen LogP contribution is 2.23. The number of nitrogens with zero attached hydrogens (tertiary/aromatic N) is 2. The lowest BCUT2D eigenvalue weighted by atomic mass is 10.1. The van der Waals surface area contributed by atoms with Gasteiger partial charge in [0.15, 0.2) is 0 Å². The van der Waals surface area contributed by atoms with Gasteiger partial charge >= 0.3 is 0 Å². The second-order valence-electron chi connectivity index (χ2n) is 7.26. The second-order valence-corrected chi connectivity index (χ2v) is 9.17. The van der Waals surface area contributed by atoms with Gasteiger partial charge in [-0.1, -0.05) is 18.2 Å². The van der Waals surface area contributed by atoms with Crippen molar-refractivity contribution in [2.75, 3.05) is 26.2 Å². The maximum Gasteiger partial charge on any atom is 0.253 e. The van der Waals surface area contributed by atoms with E-state index in [4.69, 9.17) is 0 Å². The van der Waals surface area contributed by atoms with Crippen molar-refractivity contribution in [2.24, 2.45) is 0 Å². The molecule has 0 bridgehead atoms. The average molecular weight is 387 g/mol. The molecule has 0 radical (unpaired) electrons. The first kappa shape index (κ1) is 19.6. The molecule has 1 aliphatic rings. The molecule has 0 unspecified atom stereocenters. The van der Waals surface area contributed by atoms with Crippen molar-refractivity contribution in [1.29, 1.82) is 0 Å². The number of carbonyl (C=O) groups excluding carboxylic acids is 1. The SMILES string of the molecule is Cc1ccc(C)c(S(=O)(=O)N2CCN(C(=O)c3ccc(C)c(C)c3)CC2)c1. The van der Waals surface area contributed by atoms with Crippen LogP contribution in [0.3, 0.4) is 0 Å². The summed E-state index contributed by atoms with van der Waals surface area (Å²) in [4.78, 5) is 14.8. The smallest absolute Gasteiger partial charge is 0.253 e. The Morgan fingerprint density at radius 1 is 0.815 bits per heavy atom. The first-order valence-corrected chi connectivity index (χ1v) is 10.6. The van der Waals surface area contributed by atoms with Crippen LogP contribution in [0.2, 0.25) is 0 Å². The van der Waals surface area contributed by atoms with Gasteiger partial charge in [0.2, 0.25) is 10.0 Å². The summed E-state index contributed by atoms with van der Waals surface area (Å²) in [6, 6.07) is 11.2. The van der Waals surface area contributed by atoms with E-state index in [9.17, 15) is 13.2 Å². The Morgan fingerprint density at radius 2 is 1.44 bits per heavy atom. The number of benzene rings is 2. The topological polar surface area (TPSA) is 57.7 Å². The van der Waals surface area contributed by atoms with Gasteiger partial charge < -0.3 is 4.90 Å². The third kappa shape index (κ3) is 3.92. The molecule has 1 saturated heterocycles. The normalized spacial score (nSPS) is 15.8. The van der Waals surface area contributed by atoms with Gasteiger partial charge in [0.05, 0.1) is 4.90 Å². The van der Waals surface area contributed by atoms with Crippen LogP contribution in [-0.4, -0.2) is 49.7 Å². The number of rotatable bonds is 3. The van der Waals surface area contributed by atoms with Crippen LogP contribution in [0.4, 0.5) is 0 Å². The molecule has 1 heterocycles. The molecule has 144 valence electrons. The Labute approximate surface area is 161 Å². The number of amides is 1. The van der Waals surface area contributed by atoms with E-state index in [-0.39, 0.29) is 5.91 Å². The van der Waals surface area contributed by atoms with E-state index < -0.39 is 10.0 Å². The van der Waals surface area contributed by atoms with Gasteiger partial charge in [-0.25, -0.2) is 8.42 Å². The fourth-order valence-electron chi connectivity index (χ4n) is 3.31. The Morgan fingerprint density at radius 3 is 2.07 bits per heavy atom. The molecule has 1 fully saturated rings. The molecule has 5 nitrogen and oxygen atoms in total. The van der Waals surface area contributed by atoms with Crippen LogP contribution in [0, 0.1) is 27.7 Å². The van der Waals surface area contributed by atoms with Crippen LogP contribution in [0.5, 0.6) is 0 Å². The highest BCUT2D eigenvalue weighted by Gasteiger charge is 2.31. The van der Waals surface area contributed by atoms with Gasteiger partial charge in [0.1, 0.15) is 0 Å². The quantitative estimate of drug-likeness (QED) is 0.815. The zero-order valence-corrected chi connectivity index (χ0v) is 17.1. The molecule has 2 aromatic rings. The van der Waals surface area contributed by atoms with Gasteiger partial charge in [-0.15, -0.1) is 0 Å². The summed E-state index contributed by atoms with van der Waals surface area (Å²) in [5.74, 6) is -0.0399. The van der Waals surface area contributed by atoms with Gasteiger partial charge in [-0.2, -0.15) is 4.31 Å². The third-order valence-corrected chi connectivity index (χ3v) is 7.28. The number of aryl methyl sites for hydroxylation is 4. The highest BCUT2D eigenvalue weighted by atomic mass is 32.2. The van der Waals surface area contributed by atoms with Gasteiger partial charge in [0.25, 0.3) is 5.91 Å². The predicted molar refractivity (Wildman–Crippen MR) is 106 cm³/mol. The predicted octanol–water partition coefficient (Wildman–Crippen LogP) is 3.07. The molecule has 0 N–H and O–H groups in total. The molecule has 0 spiro atoms. The zero-order chi connectivity index (χ0) is 19.8. The molecule has 1 aliphatic heterocycles. The molecular weight excluding hydrogens is 360 g/mol. The van der Waals surface area contributed by atoms with Crippen LogP contribution in [0.1, 0.15) is 32.6 Å². The van der Waals surface area contributed by atoms with Crippen LogP contribution >= 0.6 is 0 Å². The molecule has 27 heavy (non-hydrogen) atoms. The van der Waals surface area contributed by atoms with Crippen molar-refractivity contribution in [1.82, 2.24) is 9.21 Å². The van der Waals surface area contributed by atoms with E-state index in [0.29, 0.717) is 36.6 Å². The van der Waals surface area contributed by atoms with E-state index in [2.05, 4.69) is 0 Å². The molecule has 0 saturated carbocycles. The summed E-state index contributed by atoms with van der Waals surface area (Å²) < 4.78 is 27.5. The third-order valence-electron chi connectivity index (χ3n) is 5.24. The monoisotopic (exact) mass is 386 g/mol. The van der Waals surface area contributed by atoms with Crippen LogP contribution in [0.25, 0.3) is 0 Å². The summed E-state index contributed by atoms with van der Waals surface area (Å²) in [6.07, 6.45) is 0. The molecule has 0 aromatic heterocycles. The van der Waals surface area contributed by atoms with Crippen molar-refractivity contribution in [3.63, 3.8) is 0 Å². The van der Waals surface area contributed by atoms with Crippen molar-refractivity contribution >= 4 is 15.9 Å². The van der Waals surface area contributed by atoms with Gasteiger partial charge in [0, 0.05) is 31.7 Å². The van der Waals surface area contributed by atoms with E-state index in [1.807, 2.05) is 58.0 Å². The summed E-state index contributed by atoms with van der Waals surface area (Å²) in [5.41, 5.74) is 4.55. The van der Waals surface area contributed by atoms with E-state index in [1.165, 1.54) is 4.31 Å². The Hall–Kier alpha value is -2.18.